The van der Waals surface area contributed by atoms with Crippen molar-refractivity contribution in [1.82, 2.24) is 0 Å². The average Bonchev–Trinajstić information content (AvgIpc) is 2.88. The molecular weight excluding hydrogens is 312 g/mol. The summed E-state index contributed by atoms with van der Waals surface area (Å²) in [7, 11) is 1.37. The quantitative estimate of drug-likeness (QED) is 0.367. The fourth-order valence-corrected chi connectivity index (χ4v) is 4.28. The first-order chi connectivity index (χ1) is 11.5. The Balaban J connectivity index is 1.77. The van der Waals surface area contributed by atoms with Gasteiger partial charge in [-0.05, 0) is 30.7 Å². The van der Waals surface area contributed by atoms with E-state index < -0.39 is 4.92 Å². The molecule has 2 fully saturated rings. The van der Waals surface area contributed by atoms with Gasteiger partial charge in [-0.2, -0.15) is 0 Å². The molecule has 0 N–H and O–H groups in total. The van der Waals surface area contributed by atoms with E-state index in [1.165, 1.54) is 25.3 Å². The third-order valence-corrected chi connectivity index (χ3v) is 5.37. The summed E-state index contributed by atoms with van der Waals surface area (Å²) in [5, 5.41) is 10.9. The Bertz CT molecular complexity index is 755. The van der Waals surface area contributed by atoms with Crippen molar-refractivity contribution >= 4 is 23.2 Å². The number of nitrogens with zero attached hydrogens (tertiary/aromatic N) is 2. The highest BCUT2D eigenvalue weighted by Gasteiger charge is 2.57. The molecule has 0 unspecified atom stereocenters. The number of anilines is 1. The molecule has 0 aromatic heterocycles. The normalized spacial score (nSPS) is 30.6. The first-order valence-electron chi connectivity index (χ1n) is 7.91. The van der Waals surface area contributed by atoms with Gasteiger partial charge in [0.1, 0.15) is 5.75 Å². The summed E-state index contributed by atoms with van der Waals surface area (Å²) in [6, 6.07) is 3.94. The van der Waals surface area contributed by atoms with Gasteiger partial charge in [0.2, 0.25) is 11.8 Å². The molecule has 4 aliphatic rings. The molecule has 3 aliphatic carbocycles. The van der Waals surface area contributed by atoms with Gasteiger partial charge in [-0.1, -0.05) is 12.2 Å². The van der Waals surface area contributed by atoms with E-state index in [0.29, 0.717) is 0 Å². The van der Waals surface area contributed by atoms with Gasteiger partial charge in [0.15, 0.2) is 0 Å². The van der Waals surface area contributed by atoms with E-state index >= 15 is 0 Å². The molecular formula is C17H16N2O5. The molecule has 1 aromatic carbocycles. The standard InChI is InChI=1S/C17H16N2O5/c1-24-13-8-11(19(22)23)6-7-12(13)18-16(20)14-9-2-3-10(5-4-9)15(14)17(18)21/h2-3,6-10,14-15H,4-5H2,1H3/t9-,10-,14+,15+/m1/s1. The molecule has 1 aliphatic heterocycles. The van der Waals surface area contributed by atoms with Crippen LogP contribution in [0.3, 0.4) is 0 Å². The number of benzene rings is 1. The molecule has 1 saturated heterocycles. The smallest absolute Gasteiger partial charge is 0.273 e. The Hall–Kier alpha value is -2.70. The highest BCUT2D eigenvalue weighted by molar-refractivity contribution is 6.23. The van der Waals surface area contributed by atoms with Crippen molar-refractivity contribution in [3.63, 3.8) is 0 Å². The molecule has 7 heteroatoms. The van der Waals surface area contributed by atoms with E-state index in [2.05, 4.69) is 12.2 Å². The molecule has 2 amide bonds. The van der Waals surface area contributed by atoms with E-state index in [1.54, 1.807) is 0 Å². The number of methoxy groups -OCH3 is 1. The number of carbonyl (C=O) groups is 2. The summed E-state index contributed by atoms with van der Waals surface area (Å²) < 4.78 is 5.20. The number of hydrogen-bond acceptors (Lipinski definition) is 5. The molecule has 0 radical (unpaired) electrons. The van der Waals surface area contributed by atoms with Crippen molar-refractivity contribution in [2.24, 2.45) is 23.7 Å². The number of ether oxygens (including phenoxy) is 1. The monoisotopic (exact) mass is 328 g/mol. The second-order valence-electron chi connectivity index (χ2n) is 6.47. The topological polar surface area (TPSA) is 89.8 Å². The van der Waals surface area contributed by atoms with E-state index in [1.807, 2.05) is 0 Å². The van der Waals surface area contributed by atoms with Crippen LogP contribution < -0.4 is 9.64 Å². The highest BCUT2D eigenvalue weighted by Crippen LogP contribution is 2.51. The van der Waals surface area contributed by atoms with Gasteiger partial charge in [0.25, 0.3) is 5.69 Å². The molecule has 24 heavy (non-hydrogen) atoms. The van der Waals surface area contributed by atoms with Gasteiger partial charge < -0.3 is 4.74 Å². The fraction of sp³-hybridized carbons (Fsp3) is 0.412. The van der Waals surface area contributed by atoms with Crippen molar-refractivity contribution in [2.45, 2.75) is 12.8 Å². The van der Waals surface area contributed by atoms with Crippen LogP contribution in [0.4, 0.5) is 11.4 Å². The number of rotatable bonds is 3. The molecule has 2 bridgehead atoms. The first kappa shape index (κ1) is 14.9. The Kier molecular flexibility index (Phi) is 3.19. The van der Waals surface area contributed by atoms with Crippen molar-refractivity contribution in [3.05, 3.63) is 40.5 Å². The number of fused-ring (bicyclic) bond motifs is 1. The molecule has 5 rings (SSSR count). The van der Waals surface area contributed by atoms with Crippen LogP contribution in [0.25, 0.3) is 0 Å². The van der Waals surface area contributed by atoms with E-state index in [0.717, 1.165) is 17.7 Å². The number of non-ortho nitro benzene ring substituents is 1. The second kappa shape index (κ2) is 5.15. The molecule has 0 spiro atoms. The van der Waals surface area contributed by atoms with Crippen molar-refractivity contribution in [3.8, 4) is 5.75 Å². The maximum absolute atomic E-state index is 12.9. The van der Waals surface area contributed by atoms with Gasteiger partial charge in [-0.15, -0.1) is 0 Å². The van der Waals surface area contributed by atoms with Crippen molar-refractivity contribution in [1.29, 1.82) is 0 Å². The van der Waals surface area contributed by atoms with Crippen molar-refractivity contribution in [2.75, 3.05) is 12.0 Å². The maximum Gasteiger partial charge on any atom is 0.273 e. The van der Waals surface area contributed by atoms with Crippen LogP contribution in [0.15, 0.2) is 30.4 Å². The van der Waals surface area contributed by atoms with Gasteiger partial charge in [0.05, 0.1) is 35.6 Å². The second-order valence-corrected chi connectivity index (χ2v) is 6.47. The van der Waals surface area contributed by atoms with Gasteiger partial charge >= 0.3 is 0 Å². The number of nitro benzene ring substituents is 1. The molecule has 7 nitrogen and oxygen atoms in total. The lowest BCUT2D eigenvalue weighted by atomic mass is 9.63. The molecule has 4 atom stereocenters. The first-order valence-corrected chi connectivity index (χ1v) is 7.91. The number of hydrogen-bond donors (Lipinski definition) is 0. The van der Waals surface area contributed by atoms with Gasteiger partial charge in [-0.25, -0.2) is 4.90 Å². The van der Waals surface area contributed by atoms with Crippen LogP contribution in [0, 0.1) is 33.8 Å². The van der Waals surface area contributed by atoms with Crippen molar-refractivity contribution < 1.29 is 19.2 Å². The number of allylic oxidation sites excluding steroid dienone is 2. The maximum atomic E-state index is 12.9. The van der Waals surface area contributed by atoms with E-state index in [-0.39, 0.29) is 52.6 Å². The lowest BCUT2D eigenvalue weighted by Gasteiger charge is -2.38. The number of amides is 2. The number of carbonyl (C=O) groups excluding carboxylic acids is 2. The average molecular weight is 328 g/mol. The van der Waals surface area contributed by atoms with Gasteiger partial charge in [-0.3, -0.25) is 19.7 Å². The minimum absolute atomic E-state index is 0.102. The van der Waals surface area contributed by atoms with Gasteiger partial charge in [0, 0.05) is 6.07 Å². The minimum Gasteiger partial charge on any atom is -0.494 e. The zero-order valence-corrected chi connectivity index (χ0v) is 13.0. The summed E-state index contributed by atoms with van der Waals surface area (Å²) in [4.78, 5) is 37.4. The van der Waals surface area contributed by atoms with Crippen LogP contribution in [-0.4, -0.2) is 23.8 Å². The number of nitro groups is 1. The van der Waals surface area contributed by atoms with Crippen LogP contribution in [0.5, 0.6) is 5.75 Å². The third-order valence-electron chi connectivity index (χ3n) is 5.37. The highest BCUT2D eigenvalue weighted by atomic mass is 16.6. The Morgan fingerprint density at radius 3 is 2.17 bits per heavy atom. The zero-order valence-electron chi connectivity index (χ0n) is 13.0. The lowest BCUT2D eigenvalue weighted by molar-refractivity contribution is -0.384. The molecule has 1 heterocycles. The summed E-state index contributed by atoms with van der Waals surface area (Å²) in [6.07, 6.45) is 5.95. The summed E-state index contributed by atoms with van der Waals surface area (Å²) in [5.41, 5.74) is 0.140. The summed E-state index contributed by atoms with van der Waals surface area (Å²) in [5.74, 6) is -0.726. The predicted octanol–water partition coefficient (Wildman–Crippen LogP) is 2.30. The number of imide groups is 1. The largest absolute Gasteiger partial charge is 0.494 e. The Labute approximate surface area is 138 Å². The lowest BCUT2D eigenvalue weighted by Crippen LogP contribution is -2.38. The Morgan fingerprint density at radius 1 is 1.12 bits per heavy atom. The van der Waals surface area contributed by atoms with E-state index in [9.17, 15) is 19.7 Å². The molecule has 124 valence electrons. The summed E-state index contributed by atoms with van der Waals surface area (Å²) >= 11 is 0. The predicted molar refractivity (Wildman–Crippen MR) is 84.5 cm³/mol. The minimum atomic E-state index is -0.538. The fourth-order valence-electron chi connectivity index (χ4n) is 4.28. The molecule has 1 aromatic rings. The SMILES string of the molecule is COc1cc([N+](=O)[O-])ccc1N1C(=O)[C@@H]2[C@@H](C1=O)[C@@H]1C=C[C@@H]2CC1. The third kappa shape index (κ3) is 1.90. The summed E-state index contributed by atoms with van der Waals surface area (Å²) in [6.45, 7) is 0. The van der Waals surface area contributed by atoms with E-state index in [4.69, 9.17) is 4.74 Å². The van der Waals surface area contributed by atoms with Crippen LogP contribution in [0.2, 0.25) is 0 Å². The van der Waals surface area contributed by atoms with Crippen LogP contribution in [-0.2, 0) is 9.59 Å². The van der Waals surface area contributed by atoms with Crippen LogP contribution in [0.1, 0.15) is 12.8 Å². The molecule has 1 saturated carbocycles. The zero-order chi connectivity index (χ0) is 17.0. The van der Waals surface area contributed by atoms with Crippen LogP contribution >= 0.6 is 0 Å². The Morgan fingerprint density at radius 2 is 1.71 bits per heavy atom.